The number of rotatable bonds is 4. The van der Waals surface area contributed by atoms with Crippen molar-refractivity contribution in [3.8, 4) is 5.75 Å². The summed E-state index contributed by atoms with van der Waals surface area (Å²) in [6.45, 7) is 2.07. The van der Waals surface area contributed by atoms with E-state index in [-0.39, 0.29) is 17.7 Å². The first kappa shape index (κ1) is 12.0. The van der Waals surface area contributed by atoms with Crippen LogP contribution in [0.3, 0.4) is 0 Å². The van der Waals surface area contributed by atoms with Gasteiger partial charge in [0.15, 0.2) is 0 Å². The van der Waals surface area contributed by atoms with Crippen LogP contribution in [0.1, 0.15) is 31.7 Å². The van der Waals surface area contributed by atoms with E-state index in [0.717, 1.165) is 5.56 Å². The highest BCUT2D eigenvalue weighted by atomic mass is 16.3. The zero-order valence-corrected chi connectivity index (χ0v) is 10.1. The first-order chi connectivity index (χ1) is 8.15. The van der Waals surface area contributed by atoms with Crippen LogP contribution in [0.15, 0.2) is 24.3 Å². The maximum Gasteiger partial charge on any atom is 0.224 e. The summed E-state index contributed by atoms with van der Waals surface area (Å²) < 4.78 is 0. The average Bonchev–Trinajstić information content (AvgIpc) is 2.13. The molecule has 0 aromatic heterocycles. The van der Waals surface area contributed by atoms with E-state index in [4.69, 9.17) is 0 Å². The van der Waals surface area contributed by atoms with Gasteiger partial charge in [-0.05, 0) is 43.4 Å². The summed E-state index contributed by atoms with van der Waals surface area (Å²) in [7, 11) is 0. The van der Waals surface area contributed by atoms with E-state index in [1.807, 2.05) is 6.07 Å². The lowest BCUT2D eigenvalue weighted by Crippen LogP contribution is -2.41. The Labute approximate surface area is 102 Å². The summed E-state index contributed by atoms with van der Waals surface area (Å²) in [5.74, 6) is 0.903. The molecule has 0 bridgehead atoms. The standard InChI is InChI=1S/C14H19NO2/c1-10(12-5-3-6-12)15-14(17)9-11-4-2-7-13(16)8-11/h2,4,7-8,10,12,16H,3,5-6,9H2,1H3,(H,15,17). The molecule has 2 rings (SSSR count). The second kappa shape index (κ2) is 5.21. The molecule has 1 unspecified atom stereocenters. The minimum Gasteiger partial charge on any atom is -0.508 e. The van der Waals surface area contributed by atoms with E-state index >= 15 is 0 Å². The van der Waals surface area contributed by atoms with Crippen molar-refractivity contribution in [1.29, 1.82) is 0 Å². The molecule has 92 valence electrons. The quantitative estimate of drug-likeness (QED) is 0.838. The highest BCUT2D eigenvalue weighted by molar-refractivity contribution is 5.78. The molecule has 3 nitrogen and oxygen atoms in total. The molecule has 1 fully saturated rings. The lowest BCUT2D eigenvalue weighted by atomic mass is 9.80. The Morgan fingerprint density at radius 1 is 1.53 bits per heavy atom. The van der Waals surface area contributed by atoms with Gasteiger partial charge in [0.05, 0.1) is 6.42 Å². The lowest BCUT2D eigenvalue weighted by molar-refractivity contribution is -0.121. The van der Waals surface area contributed by atoms with Crippen LogP contribution in [0.5, 0.6) is 5.75 Å². The molecule has 1 aliphatic carbocycles. The zero-order chi connectivity index (χ0) is 12.3. The van der Waals surface area contributed by atoms with Gasteiger partial charge in [0, 0.05) is 6.04 Å². The van der Waals surface area contributed by atoms with Gasteiger partial charge in [0.2, 0.25) is 5.91 Å². The fraction of sp³-hybridized carbons (Fsp3) is 0.500. The summed E-state index contributed by atoms with van der Waals surface area (Å²) in [6, 6.07) is 7.13. The summed E-state index contributed by atoms with van der Waals surface area (Å²) in [5, 5.41) is 12.3. The van der Waals surface area contributed by atoms with Crippen LogP contribution in [0.25, 0.3) is 0 Å². The maximum atomic E-state index is 11.8. The van der Waals surface area contributed by atoms with Gasteiger partial charge in [-0.15, -0.1) is 0 Å². The number of phenolic OH excluding ortho intramolecular Hbond substituents is 1. The van der Waals surface area contributed by atoms with Gasteiger partial charge in [0.1, 0.15) is 5.75 Å². The van der Waals surface area contributed by atoms with Crippen molar-refractivity contribution in [2.24, 2.45) is 5.92 Å². The summed E-state index contributed by atoms with van der Waals surface area (Å²) in [4.78, 5) is 11.8. The van der Waals surface area contributed by atoms with Crippen LogP contribution in [0, 0.1) is 5.92 Å². The number of amides is 1. The minimum absolute atomic E-state index is 0.0370. The van der Waals surface area contributed by atoms with Gasteiger partial charge < -0.3 is 10.4 Å². The van der Waals surface area contributed by atoms with Crippen LogP contribution in [-0.4, -0.2) is 17.1 Å². The maximum absolute atomic E-state index is 11.8. The second-order valence-corrected chi connectivity index (χ2v) is 4.89. The highest BCUT2D eigenvalue weighted by Gasteiger charge is 2.24. The van der Waals surface area contributed by atoms with E-state index in [9.17, 15) is 9.90 Å². The number of nitrogens with one attached hydrogen (secondary N) is 1. The highest BCUT2D eigenvalue weighted by Crippen LogP contribution is 2.29. The third-order valence-corrected chi connectivity index (χ3v) is 3.52. The third kappa shape index (κ3) is 3.22. The number of phenols is 1. The first-order valence-corrected chi connectivity index (χ1v) is 6.22. The molecule has 0 saturated heterocycles. The van der Waals surface area contributed by atoms with Gasteiger partial charge in [-0.1, -0.05) is 18.6 Å². The summed E-state index contributed by atoms with van der Waals surface area (Å²) in [6.07, 6.45) is 4.09. The van der Waals surface area contributed by atoms with E-state index in [2.05, 4.69) is 12.2 Å². The summed E-state index contributed by atoms with van der Waals surface area (Å²) >= 11 is 0. The molecule has 0 heterocycles. The second-order valence-electron chi connectivity index (χ2n) is 4.89. The monoisotopic (exact) mass is 233 g/mol. The SMILES string of the molecule is CC(NC(=O)Cc1cccc(O)c1)C1CCC1. The molecular weight excluding hydrogens is 214 g/mol. The largest absolute Gasteiger partial charge is 0.508 e. The topological polar surface area (TPSA) is 49.3 Å². The number of carbonyl (C=O) groups is 1. The predicted molar refractivity (Wildman–Crippen MR) is 66.8 cm³/mol. The number of aromatic hydroxyl groups is 1. The van der Waals surface area contributed by atoms with Gasteiger partial charge in [0.25, 0.3) is 0 Å². The molecular formula is C14H19NO2. The Hall–Kier alpha value is -1.51. The molecule has 1 aromatic carbocycles. The number of hydrogen-bond acceptors (Lipinski definition) is 2. The van der Waals surface area contributed by atoms with Crippen LogP contribution < -0.4 is 5.32 Å². The average molecular weight is 233 g/mol. The number of benzene rings is 1. The van der Waals surface area contributed by atoms with E-state index in [1.54, 1.807) is 18.2 Å². The van der Waals surface area contributed by atoms with E-state index in [1.165, 1.54) is 19.3 Å². The fourth-order valence-electron chi connectivity index (χ4n) is 2.21. The predicted octanol–water partition coefficient (Wildman–Crippen LogP) is 2.24. The molecule has 3 heteroatoms. The van der Waals surface area contributed by atoms with Crippen molar-refractivity contribution in [2.45, 2.75) is 38.6 Å². The van der Waals surface area contributed by atoms with Gasteiger partial charge in [-0.25, -0.2) is 0 Å². The first-order valence-electron chi connectivity index (χ1n) is 6.22. The summed E-state index contributed by atoms with van der Waals surface area (Å²) in [5.41, 5.74) is 0.850. The Kier molecular flexibility index (Phi) is 3.67. The van der Waals surface area contributed by atoms with E-state index in [0.29, 0.717) is 12.3 Å². The number of hydrogen-bond donors (Lipinski definition) is 2. The van der Waals surface area contributed by atoms with Crippen LogP contribution in [-0.2, 0) is 11.2 Å². The Bertz CT molecular complexity index is 399. The molecule has 17 heavy (non-hydrogen) atoms. The van der Waals surface area contributed by atoms with Crippen LogP contribution >= 0.6 is 0 Å². The Balaban J connectivity index is 1.84. The van der Waals surface area contributed by atoms with Crippen LogP contribution in [0.4, 0.5) is 0 Å². The Morgan fingerprint density at radius 2 is 2.29 bits per heavy atom. The molecule has 1 saturated carbocycles. The fourth-order valence-corrected chi connectivity index (χ4v) is 2.21. The molecule has 1 aromatic rings. The normalized spacial score (nSPS) is 17.2. The van der Waals surface area contributed by atoms with Gasteiger partial charge in [-0.3, -0.25) is 4.79 Å². The third-order valence-electron chi connectivity index (χ3n) is 3.52. The van der Waals surface area contributed by atoms with Crippen molar-refractivity contribution >= 4 is 5.91 Å². The lowest BCUT2D eigenvalue weighted by Gasteiger charge is -2.31. The molecule has 0 spiro atoms. The molecule has 1 amide bonds. The van der Waals surface area contributed by atoms with Crippen molar-refractivity contribution in [3.05, 3.63) is 29.8 Å². The van der Waals surface area contributed by atoms with Crippen LogP contribution in [0.2, 0.25) is 0 Å². The van der Waals surface area contributed by atoms with Gasteiger partial charge in [-0.2, -0.15) is 0 Å². The van der Waals surface area contributed by atoms with Crippen molar-refractivity contribution in [1.82, 2.24) is 5.32 Å². The molecule has 1 aliphatic rings. The molecule has 0 radical (unpaired) electrons. The van der Waals surface area contributed by atoms with Crippen molar-refractivity contribution < 1.29 is 9.90 Å². The number of carbonyl (C=O) groups excluding carboxylic acids is 1. The zero-order valence-electron chi connectivity index (χ0n) is 10.1. The van der Waals surface area contributed by atoms with E-state index < -0.39 is 0 Å². The molecule has 1 atom stereocenters. The minimum atomic E-state index is 0.0370. The van der Waals surface area contributed by atoms with Gasteiger partial charge >= 0.3 is 0 Å². The van der Waals surface area contributed by atoms with Crippen molar-refractivity contribution in [2.75, 3.05) is 0 Å². The smallest absolute Gasteiger partial charge is 0.224 e. The van der Waals surface area contributed by atoms with Crippen molar-refractivity contribution in [3.63, 3.8) is 0 Å². The Morgan fingerprint density at radius 3 is 2.88 bits per heavy atom. The molecule has 0 aliphatic heterocycles. The molecule has 2 N–H and O–H groups in total.